The number of nitrogens with zero attached hydrogens (tertiary/aromatic N) is 2. The van der Waals surface area contributed by atoms with Gasteiger partial charge in [0, 0.05) is 11.3 Å². The smallest absolute Gasteiger partial charge is 0.266 e. The molecule has 8 heteroatoms. The number of ketones is 2. The van der Waals surface area contributed by atoms with Gasteiger partial charge in [0.25, 0.3) is 5.56 Å². The van der Waals surface area contributed by atoms with E-state index in [0.29, 0.717) is 44.7 Å². The van der Waals surface area contributed by atoms with Crippen LogP contribution >= 0.6 is 11.8 Å². The predicted octanol–water partition coefficient (Wildman–Crippen LogP) is 5.34. The van der Waals surface area contributed by atoms with Crippen molar-refractivity contribution in [2.45, 2.75) is 45.0 Å². The Morgan fingerprint density at radius 1 is 1.12 bits per heavy atom. The number of aromatic amines is 1. The minimum atomic E-state index is -0.633. The molecule has 0 saturated heterocycles. The summed E-state index contributed by atoms with van der Waals surface area (Å²) in [5, 5.41) is 0.0421. The quantitative estimate of drug-likeness (QED) is 0.230. The summed E-state index contributed by atoms with van der Waals surface area (Å²) in [6, 6.07) is 11.5. The molecule has 0 bridgehead atoms. The first-order valence-corrected chi connectivity index (χ1v) is 11.7. The third-order valence-corrected chi connectivity index (χ3v) is 6.90. The van der Waals surface area contributed by atoms with Crippen molar-refractivity contribution in [1.82, 2.24) is 14.5 Å². The number of rotatable bonds is 6. The fourth-order valence-electron chi connectivity index (χ4n) is 4.08. The zero-order valence-corrected chi connectivity index (χ0v) is 20.3. The zero-order chi connectivity index (χ0) is 24.7. The number of carbonyl (C=O) groups excluding carboxylic acids is 2. The number of fused-ring (bicyclic) bond motifs is 1. The van der Waals surface area contributed by atoms with Gasteiger partial charge in [0.2, 0.25) is 0 Å². The molecular weight excluding hydrogens is 453 g/mol. The number of hydrogen-bond donors (Lipinski definition) is 1. The van der Waals surface area contributed by atoms with Crippen LogP contribution in [-0.2, 0) is 0 Å². The number of aryl methyl sites for hydroxylation is 2. The summed E-state index contributed by atoms with van der Waals surface area (Å²) in [5.41, 5.74) is 3.05. The lowest BCUT2D eigenvalue weighted by Gasteiger charge is -2.16. The molecule has 174 valence electrons. The summed E-state index contributed by atoms with van der Waals surface area (Å²) in [6.07, 6.45) is 0. The van der Waals surface area contributed by atoms with E-state index >= 15 is 0 Å². The van der Waals surface area contributed by atoms with Crippen LogP contribution in [0.2, 0.25) is 0 Å². The van der Waals surface area contributed by atoms with E-state index < -0.39 is 11.1 Å². The van der Waals surface area contributed by atoms with Crippen LogP contribution in [0, 0.1) is 26.6 Å². The van der Waals surface area contributed by atoms with Crippen LogP contribution < -0.4 is 5.56 Å². The van der Waals surface area contributed by atoms with Crippen molar-refractivity contribution in [2.75, 3.05) is 0 Å². The molecule has 4 rings (SSSR count). The maximum absolute atomic E-state index is 14.4. The van der Waals surface area contributed by atoms with E-state index in [4.69, 9.17) is 0 Å². The van der Waals surface area contributed by atoms with Crippen LogP contribution in [0.5, 0.6) is 0 Å². The molecule has 0 saturated carbocycles. The van der Waals surface area contributed by atoms with E-state index in [-0.39, 0.29) is 22.3 Å². The summed E-state index contributed by atoms with van der Waals surface area (Å²) < 4.78 is 15.7. The Morgan fingerprint density at radius 2 is 1.82 bits per heavy atom. The molecule has 4 aromatic rings. The molecule has 1 unspecified atom stereocenters. The zero-order valence-electron chi connectivity index (χ0n) is 19.5. The lowest BCUT2D eigenvalue weighted by Crippen LogP contribution is -2.24. The molecule has 0 aliphatic carbocycles. The second kappa shape index (κ2) is 9.02. The number of H-pyrrole nitrogens is 1. The number of Topliss-reactive ketones (excluding diaryl/α,β-unsaturated/α-hetero) is 2. The Labute approximate surface area is 200 Å². The molecule has 1 atom stereocenters. The van der Waals surface area contributed by atoms with E-state index in [9.17, 15) is 18.8 Å². The SMILES string of the molecule is CC(=O)c1c(C)[nH]c(C(=O)C(C)Sc2nc3ccccc3c(=O)n2-c2ccc(C)c(F)c2)c1C. The number of halogens is 1. The van der Waals surface area contributed by atoms with Gasteiger partial charge >= 0.3 is 0 Å². The molecule has 2 heterocycles. The summed E-state index contributed by atoms with van der Waals surface area (Å²) in [4.78, 5) is 46.4. The highest BCUT2D eigenvalue weighted by molar-refractivity contribution is 8.00. The standard InChI is InChI=1S/C26H24FN3O3S/c1-13-10-11-18(12-20(13)27)30-25(33)19-8-6-7-9-21(19)29-26(30)34-17(5)24(32)23-14(2)22(16(4)31)15(3)28-23/h6-12,17,28H,1-5H3. The molecule has 2 aromatic heterocycles. The number of carbonyl (C=O) groups is 2. The van der Waals surface area contributed by atoms with Gasteiger partial charge in [-0.3, -0.25) is 19.0 Å². The lowest BCUT2D eigenvalue weighted by atomic mass is 10.0. The first kappa shape index (κ1) is 23.6. The fraction of sp³-hybridized carbons (Fsp3) is 0.231. The van der Waals surface area contributed by atoms with Crippen molar-refractivity contribution in [3.05, 3.63) is 86.7 Å². The van der Waals surface area contributed by atoms with Crippen LogP contribution in [-0.4, -0.2) is 31.4 Å². The summed E-state index contributed by atoms with van der Waals surface area (Å²) in [5.74, 6) is -0.772. The largest absolute Gasteiger partial charge is 0.355 e. The Balaban J connectivity index is 1.82. The molecule has 0 aliphatic rings. The molecule has 6 nitrogen and oxygen atoms in total. The molecule has 1 N–H and O–H groups in total. The highest BCUT2D eigenvalue weighted by Crippen LogP contribution is 2.29. The Hall–Kier alpha value is -3.52. The molecule has 0 radical (unpaired) electrons. The first-order valence-electron chi connectivity index (χ1n) is 10.8. The number of nitrogens with one attached hydrogen (secondary N) is 1. The maximum Gasteiger partial charge on any atom is 0.266 e. The van der Waals surface area contributed by atoms with Gasteiger partial charge in [-0.2, -0.15) is 0 Å². The highest BCUT2D eigenvalue weighted by atomic mass is 32.2. The predicted molar refractivity (Wildman–Crippen MR) is 132 cm³/mol. The van der Waals surface area contributed by atoms with Crippen molar-refractivity contribution >= 4 is 34.2 Å². The van der Waals surface area contributed by atoms with Crippen LogP contribution in [0.1, 0.15) is 51.5 Å². The number of hydrogen-bond acceptors (Lipinski definition) is 5. The summed E-state index contributed by atoms with van der Waals surface area (Å²) in [7, 11) is 0. The molecular formula is C26H24FN3O3S. The highest BCUT2D eigenvalue weighted by Gasteiger charge is 2.26. The van der Waals surface area contributed by atoms with Crippen LogP contribution in [0.4, 0.5) is 4.39 Å². The van der Waals surface area contributed by atoms with E-state index in [0.717, 1.165) is 11.8 Å². The third-order valence-electron chi connectivity index (χ3n) is 5.85. The third kappa shape index (κ3) is 4.09. The fourth-order valence-corrected chi connectivity index (χ4v) is 5.07. The van der Waals surface area contributed by atoms with Gasteiger partial charge < -0.3 is 4.98 Å². The molecule has 0 amide bonds. The molecule has 0 spiro atoms. The van der Waals surface area contributed by atoms with E-state index in [2.05, 4.69) is 9.97 Å². The monoisotopic (exact) mass is 477 g/mol. The average molecular weight is 478 g/mol. The maximum atomic E-state index is 14.4. The van der Waals surface area contributed by atoms with Crippen molar-refractivity contribution < 1.29 is 14.0 Å². The second-order valence-corrected chi connectivity index (χ2v) is 9.60. The van der Waals surface area contributed by atoms with E-state index in [1.807, 2.05) is 0 Å². The first-order chi connectivity index (χ1) is 16.1. The summed E-state index contributed by atoms with van der Waals surface area (Å²) in [6.45, 7) is 8.33. The van der Waals surface area contributed by atoms with Crippen molar-refractivity contribution in [1.29, 1.82) is 0 Å². The number of para-hydroxylation sites is 1. The molecule has 34 heavy (non-hydrogen) atoms. The van der Waals surface area contributed by atoms with Gasteiger partial charge in [-0.05, 0) is 70.0 Å². The minimum Gasteiger partial charge on any atom is -0.355 e. The minimum absolute atomic E-state index is 0.114. The van der Waals surface area contributed by atoms with Crippen molar-refractivity contribution in [3.63, 3.8) is 0 Å². The summed E-state index contributed by atoms with van der Waals surface area (Å²) >= 11 is 1.11. The van der Waals surface area contributed by atoms with Crippen molar-refractivity contribution in [2.24, 2.45) is 0 Å². The van der Waals surface area contributed by atoms with Gasteiger partial charge in [0.05, 0.1) is 27.5 Å². The molecule has 0 aliphatic heterocycles. The second-order valence-electron chi connectivity index (χ2n) is 8.29. The van der Waals surface area contributed by atoms with E-state index in [1.165, 1.54) is 17.6 Å². The molecule has 0 fully saturated rings. The van der Waals surface area contributed by atoms with Gasteiger partial charge in [-0.1, -0.05) is 30.0 Å². The normalized spacial score (nSPS) is 12.2. The van der Waals surface area contributed by atoms with Gasteiger partial charge in [0.15, 0.2) is 16.7 Å². The van der Waals surface area contributed by atoms with Crippen LogP contribution in [0.25, 0.3) is 16.6 Å². The van der Waals surface area contributed by atoms with E-state index in [1.54, 1.807) is 64.1 Å². The Kier molecular flexibility index (Phi) is 6.27. The van der Waals surface area contributed by atoms with Gasteiger partial charge in [0.1, 0.15) is 5.82 Å². The topological polar surface area (TPSA) is 84.8 Å². The lowest BCUT2D eigenvalue weighted by molar-refractivity contribution is 0.0988. The van der Waals surface area contributed by atoms with Gasteiger partial charge in [-0.25, -0.2) is 9.37 Å². The van der Waals surface area contributed by atoms with Crippen molar-refractivity contribution in [3.8, 4) is 5.69 Å². The number of benzene rings is 2. The van der Waals surface area contributed by atoms with Crippen LogP contribution in [0.3, 0.4) is 0 Å². The van der Waals surface area contributed by atoms with Gasteiger partial charge in [-0.15, -0.1) is 0 Å². The number of aromatic nitrogens is 3. The molecule has 2 aromatic carbocycles. The number of thioether (sulfide) groups is 1. The average Bonchev–Trinajstić information content (AvgIpc) is 3.09. The Morgan fingerprint density at radius 3 is 2.47 bits per heavy atom. The van der Waals surface area contributed by atoms with Crippen LogP contribution in [0.15, 0.2) is 52.4 Å². The Bertz CT molecular complexity index is 1520.